The Balaban J connectivity index is 2.24. The van der Waals surface area contributed by atoms with Gasteiger partial charge in [0.25, 0.3) is 5.91 Å². The van der Waals surface area contributed by atoms with Crippen molar-refractivity contribution >= 4 is 5.91 Å². The third-order valence-electron chi connectivity index (χ3n) is 4.15. The molecule has 0 unspecified atom stereocenters. The van der Waals surface area contributed by atoms with Gasteiger partial charge < -0.3 is 4.90 Å². The second-order valence-electron chi connectivity index (χ2n) is 5.57. The fraction of sp³-hybridized carbons (Fsp3) is 0.350. The van der Waals surface area contributed by atoms with Crippen LogP contribution in [-0.2, 0) is 12.8 Å². The van der Waals surface area contributed by atoms with Crippen LogP contribution >= 0.6 is 0 Å². The predicted octanol–water partition coefficient (Wildman–Crippen LogP) is 4.26. The quantitative estimate of drug-likeness (QED) is 0.779. The molecule has 2 rings (SSSR count). The van der Waals surface area contributed by atoms with Crippen molar-refractivity contribution in [1.29, 1.82) is 0 Å². The molecule has 0 saturated heterocycles. The predicted molar refractivity (Wildman–Crippen MR) is 92.3 cm³/mol. The minimum absolute atomic E-state index is 0.158. The van der Waals surface area contributed by atoms with Crippen LogP contribution in [0.25, 0.3) is 0 Å². The molecule has 0 aliphatic heterocycles. The SMILES string of the molecule is CCN(CC)C(=O)c1c(C)cccc1CCc1ccccc1. The molecule has 0 heterocycles. The largest absolute Gasteiger partial charge is 0.339 e. The second-order valence-corrected chi connectivity index (χ2v) is 5.57. The highest BCUT2D eigenvalue weighted by molar-refractivity contribution is 5.97. The van der Waals surface area contributed by atoms with E-state index in [9.17, 15) is 4.79 Å². The van der Waals surface area contributed by atoms with E-state index in [1.54, 1.807) is 0 Å². The third-order valence-corrected chi connectivity index (χ3v) is 4.15. The van der Waals surface area contributed by atoms with Gasteiger partial charge in [-0.2, -0.15) is 0 Å². The fourth-order valence-corrected chi connectivity index (χ4v) is 2.84. The van der Waals surface area contributed by atoms with Gasteiger partial charge in [0.1, 0.15) is 0 Å². The van der Waals surface area contributed by atoms with E-state index in [0.29, 0.717) is 0 Å². The zero-order chi connectivity index (χ0) is 15.9. The average Bonchev–Trinajstić information content (AvgIpc) is 2.55. The molecule has 0 radical (unpaired) electrons. The van der Waals surface area contributed by atoms with Crippen molar-refractivity contribution < 1.29 is 4.79 Å². The molecule has 0 aromatic heterocycles. The maximum absolute atomic E-state index is 12.8. The monoisotopic (exact) mass is 295 g/mol. The standard InChI is InChI=1S/C20H25NO/c1-4-21(5-2)20(22)19-16(3)10-9-13-18(19)15-14-17-11-7-6-8-12-17/h6-13H,4-5,14-15H2,1-3H3. The van der Waals surface area contributed by atoms with Crippen molar-refractivity contribution in [1.82, 2.24) is 4.90 Å². The summed E-state index contributed by atoms with van der Waals surface area (Å²) in [4.78, 5) is 14.7. The summed E-state index contributed by atoms with van der Waals surface area (Å²) in [5, 5.41) is 0. The number of rotatable bonds is 6. The molecule has 2 nitrogen and oxygen atoms in total. The summed E-state index contributed by atoms with van der Waals surface area (Å²) in [6.07, 6.45) is 1.86. The first-order valence-corrected chi connectivity index (χ1v) is 8.09. The van der Waals surface area contributed by atoms with Gasteiger partial charge in [0.05, 0.1) is 0 Å². The maximum Gasteiger partial charge on any atom is 0.254 e. The first-order valence-electron chi connectivity index (χ1n) is 8.09. The topological polar surface area (TPSA) is 20.3 Å². The Bertz CT molecular complexity index is 615. The van der Waals surface area contributed by atoms with E-state index in [-0.39, 0.29) is 5.91 Å². The second kappa shape index (κ2) is 7.79. The van der Waals surface area contributed by atoms with Crippen LogP contribution < -0.4 is 0 Å². The van der Waals surface area contributed by atoms with Crippen LogP contribution in [0.4, 0.5) is 0 Å². The Kier molecular flexibility index (Phi) is 5.76. The van der Waals surface area contributed by atoms with Gasteiger partial charge in [-0.05, 0) is 50.3 Å². The van der Waals surface area contributed by atoms with Gasteiger partial charge in [0, 0.05) is 18.7 Å². The summed E-state index contributed by atoms with van der Waals surface area (Å²) >= 11 is 0. The Morgan fingerprint density at radius 3 is 2.23 bits per heavy atom. The van der Waals surface area contributed by atoms with Crippen LogP contribution in [0.5, 0.6) is 0 Å². The molecule has 0 aliphatic carbocycles. The number of nitrogens with zero attached hydrogens (tertiary/aromatic N) is 1. The van der Waals surface area contributed by atoms with Crippen molar-refractivity contribution in [3.63, 3.8) is 0 Å². The van der Waals surface area contributed by atoms with Crippen molar-refractivity contribution in [2.24, 2.45) is 0 Å². The number of hydrogen-bond acceptors (Lipinski definition) is 1. The van der Waals surface area contributed by atoms with Gasteiger partial charge in [0.15, 0.2) is 0 Å². The van der Waals surface area contributed by atoms with Crippen molar-refractivity contribution in [2.75, 3.05) is 13.1 Å². The van der Waals surface area contributed by atoms with Crippen LogP contribution in [0.1, 0.15) is 40.9 Å². The van der Waals surface area contributed by atoms with Crippen molar-refractivity contribution in [3.05, 3.63) is 70.8 Å². The van der Waals surface area contributed by atoms with Crippen molar-refractivity contribution in [3.8, 4) is 0 Å². The molecule has 116 valence electrons. The number of amides is 1. The van der Waals surface area contributed by atoms with E-state index in [1.807, 2.05) is 37.8 Å². The van der Waals surface area contributed by atoms with Crippen LogP contribution in [0.3, 0.4) is 0 Å². The lowest BCUT2D eigenvalue weighted by molar-refractivity contribution is 0.0771. The van der Waals surface area contributed by atoms with Crippen molar-refractivity contribution in [2.45, 2.75) is 33.6 Å². The first-order chi connectivity index (χ1) is 10.7. The molecule has 0 N–H and O–H groups in total. The molecular formula is C20H25NO. The highest BCUT2D eigenvalue weighted by Crippen LogP contribution is 2.19. The van der Waals surface area contributed by atoms with Gasteiger partial charge in [-0.1, -0.05) is 48.5 Å². The van der Waals surface area contributed by atoms with E-state index >= 15 is 0 Å². The van der Waals surface area contributed by atoms with E-state index in [0.717, 1.165) is 42.6 Å². The number of carbonyl (C=O) groups is 1. The van der Waals surface area contributed by atoms with E-state index < -0.39 is 0 Å². The average molecular weight is 295 g/mol. The molecule has 2 aromatic carbocycles. The van der Waals surface area contributed by atoms with Crippen LogP contribution in [-0.4, -0.2) is 23.9 Å². The summed E-state index contributed by atoms with van der Waals surface area (Å²) in [6, 6.07) is 16.6. The Morgan fingerprint density at radius 2 is 1.59 bits per heavy atom. The lowest BCUT2D eigenvalue weighted by Gasteiger charge is -2.22. The summed E-state index contributed by atoms with van der Waals surface area (Å²) in [6.45, 7) is 7.60. The van der Waals surface area contributed by atoms with Gasteiger partial charge >= 0.3 is 0 Å². The molecule has 2 aromatic rings. The molecule has 0 bridgehead atoms. The Labute approximate surface area is 133 Å². The Hall–Kier alpha value is -2.09. The minimum Gasteiger partial charge on any atom is -0.339 e. The Morgan fingerprint density at radius 1 is 0.909 bits per heavy atom. The molecule has 0 saturated carbocycles. The zero-order valence-corrected chi connectivity index (χ0v) is 13.8. The van der Waals surface area contributed by atoms with Gasteiger partial charge in [-0.25, -0.2) is 0 Å². The number of aryl methyl sites for hydroxylation is 3. The van der Waals surface area contributed by atoms with E-state index in [1.165, 1.54) is 5.56 Å². The fourth-order valence-electron chi connectivity index (χ4n) is 2.84. The number of carbonyl (C=O) groups excluding carboxylic acids is 1. The molecule has 0 aliphatic rings. The molecule has 0 spiro atoms. The number of hydrogen-bond donors (Lipinski definition) is 0. The van der Waals surface area contributed by atoms with Gasteiger partial charge in [-0.3, -0.25) is 4.79 Å². The van der Waals surface area contributed by atoms with Crippen LogP contribution in [0.2, 0.25) is 0 Å². The maximum atomic E-state index is 12.8. The lowest BCUT2D eigenvalue weighted by Crippen LogP contribution is -2.31. The summed E-state index contributed by atoms with van der Waals surface area (Å²) < 4.78 is 0. The summed E-state index contributed by atoms with van der Waals surface area (Å²) in [7, 11) is 0. The summed E-state index contributed by atoms with van der Waals surface area (Å²) in [5.74, 6) is 0.158. The van der Waals surface area contributed by atoms with Crippen LogP contribution in [0, 0.1) is 6.92 Å². The van der Waals surface area contributed by atoms with E-state index in [2.05, 4.69) is 36.4 Å². The lowest BCUT2D eigenvalue weighted by atomic mass is 9.95. The molecule has 2 heteroatoms. The molecular weight excluding hydrogens is 270 g/mol. The van der Waals surface area contributed by atoms with E-state index in [4.69, 9.17) is 0 Å². The van der Waals surface area contributed by atoms with Gasteiger partial charge in [-0.15, -0.1) is 0 Å². The summed E-state index contributed by atoms with van der Waals surface area (Å²) in [5.41, 5.74) is 4.43. The molecule has 0 atom stereocenters. The molecule has 0 fully saturated rings. The zero-order valence-electron chi connectivity index (χ0n) is 13.8. The minimum atomic E-state index is 0.158. The molecule has 1 amide bonds. The highest BCUT2D eigenvalue weighted by atomic mass is 16.2. The normalized spacial score (nSPS) is 10.5. The number of benzene rings is 2. The smallest absolute Gasteiger partial charge is 0.254 e. The van der Waals surface area contributed by atoms with Crippen LogP contribution in [0.15, 0.2) is 48.5 Å². The highest BCUT2D eigenvalue weighted by Gasteiger charge is 2.18. The first kappa shape index (κ1) is 16.3. The molecule has 22 heavy (non-hydrogen) atoms. The third kappa shape index (κ3) is 3.76. The van der Waals surface area contributed by atoms with Gasteiger partial charge in [0.2, 0.25) is 0 Å².